The van der Waals surface area contributed by atoms with Gasteiger partial charge in [-0.3, -0.25) is 9.69 Å². The zero-order chi connectivity index (χ0) is 20.3. The largest absolute Gasteiger partial charge is 0.459 e. The van der Waals surface area contributed by atoms with Crippen LogP contribution in [-0.2, 0) is 17.5 Å². The van der Waals surface area contributed by atoms with E-state index in [-0.39, 0.29) is 30.6 Å². The van der Waals surface area contributed by atoms with Gasteiger partial charge in [0.15, 0.2) is 5.76 Å². The molecule has 7 nitrogen and oxygen atoms in total. The maximum absolute atomic E-state index is 12.9. The fourth-order valence-corrected chi connectivity index (χ4v) is 2.59. The Morgan fingerprint density at radius 2 is 2.07 bits per heavy atom. The van der Waals surface area contributed by atoms with Crippen molar-refractivity contribution in [2.75, 3.05) is 18.9 Å². The van der Waals surface area contributed by atoms with Gasteiger partial charge in [0.2, 0.25) is 11.8 Å². The highest BCUT2D eigenvalue weighted by atomic mass is 35.5. The van der Waals surface area contributed by atoms with Gasteiger partial charge in [0.1, 0.15) is 0 Å². The first-order valence-corrected chi connectivity index (χ1v) is 8.31. The summed E-state index contributed by atoms with van der Waals surface area (Å²) >= 11 is 5.56. The van der Waals surface area contributed by atoms with Crippen LogP contribution in [0, 0.1) is 0 Å². The predicted molar refractivity (Wildman–Crippen MR) is 93.4 cm³/mol. The summed E-state index contributed by atoms with van der Waals surface area (Å²) in [6.07, 6.45) is -3.14. The first-order chi connectivity index (χ1) is 13.2. The van der Waals surface area contributed by atoms with Crippen molar-refractivity contribution in [2.24, 2.45) is 0 Å². The third-order valence-electron chi connectivity index (χ3n) is 3.57. The molecule has 0 atom stereocenters. The van der Waals surface area contributed by atoms with Crippen LogP contribution in [0.1, 0.15) is 11.5 Å². The van der Waals surface area contributed by atoms with E-state index in [1.807, 2.05) is 0 Å². The molecule has 1 N–H and O–H groups in total. The van der Waals surface area contributed by atoms with E-state index in [1.54, 1.807) is 24.1 Å². The van der Waals surface area contributed by atoms with Gasteiger partial charge in [-0.15, -0.1) is 10.2 Å². The van der Waals surface area contributed by atoms with Crippen molar-refractivity contribution in [1.29, 1.82) is 0 Å². The second-order valence-corrected chi connectivity index (χ2v) is 6.30. The minimum absolute atomic E-state index is 0.00646. The molecule has 11 heteroatoms. The molecule has 2 aromatic heterocycles. The Balaban J connectivity index is 1.58. The van der Waals surface area contributed by atoms with E-state index >= 15 is 0 Å². The van der Waals surface area contributed by atoms with E-state index in [0.717, 1.165) is 12.1 Å². The van der Waals surface area contributed by atoms with E-state index in [9.17, 15) is 18.0 Å². The maximum Gasteiger partial charge on any atom is 0.417 e. The van der Waals surface area contributed by atoms with Crippen LogP contribution in [0.4, 0.5) is 18.9 Å². The number of likely N-dealkylation sites (N-methyl/N-ethyl adjacent to an activating group) is 1. The molecular weight excluding hydrogens is 401 g/mol. The molecule has 1 amide bonds. The summed E-state index contributed by atoms with van der Waals surface area (Å²) < 4.78 is 49.2. The number of carbonyl (C=O) groups excluding carboxylic acids is 1. The predicted octanol–water partition coefficient (Wildman–Crippen LogP) is 4.07. The number of furan rings is 1. The number of aromatic nitrogens is 2. The van der Waals surface area contributed by atoms with Crippen molar-refractivity contribution in [3.05, 3.63) is 53.1 Å². The molecule has 0 bridgehead atoms. The van der Waals surface area contributed by atoms with Crippen molar-refractivity contribution in [2.45, 2.75) is 12.7 Å². The summed E-state index contributed by atoms with van der Waals surface area (Å²) in [5.41, 5.74) is -1.02. The SMILES string of the molecule is CN(CC(=O)Nc1ccc(Cl)c(C(F)(F)F)c1)Cc1nnc(-c2ccco2)o1. The van der Waals surface area contributed by atoms with E-state index in [2.05, 4.69) is 15.5 Å². The third kappa shape index (κ3) is 4.90. The zero-order valence-electron chi connectivity index (χ0n) is 14.5. The number of amides is 1. The molecule has 28 heavy (non-hydrogen) atoms. The number of benzene rings is 1. The van der Waals surface area contributed by atoms with E-state index in [4.69, 9.17) is 20.4 Å². The van der Waals surface area contributed by atoms with Crippen molar-refractivity contribution in [1.82, 2.24) is 15.1 Å². The Kier molecular flexibility index (Phi) is 5.71. The van der Waals surface area contributed by atoms with Crippen LogP contribution in [0.25, 0.3) is 11.7 Å². The number of carbonyl (C=O) groups is 1. The van der Waals surface area contributed by atoms with E-state index < -0.39 is 22.7 Å². The van der Waals surface area contributed by atoms with Gasteiger partial charge in [-0.25, -0.2) is 0 Å². The fraction of sp³-hybridized carbons (Fsp3) is 0.235. The van der Waals surface area contributed by atoms with Gasteiger partial charge in [-0.05, 0) is 37.4 Å². The lowest BCUT2D eigenvalue weighted by Crippen LogP contribution is -2.30. The lowest BCUT2D eigenvalue weighted by molar-refractivity contribution is -0.137. The first kappa shape index (κ1) is 19.9. The number of halogens is 4. The molecule has 148 valence electrons. The Morgan fingerprint density at radius 3 is 2.75 bits per heavy atom. The smallest absolute Gasteiger partial charge is 0.417 e. The number of anilines is 1. The van der Waals surface area contributed by atoms with Crippen molar-refractivity contribution in [3.63, 3.8) is 0 Å². The standard InChI is InChI=1S/C17H14ClF3N4O3/c1-25(9-15-23-24-16(28-15)13-3-2-6-27-13)8-14(26)22-10-4-5-12(18)11(7-10)17(19,20)21/h2-7H,8-9H2,1H3,(H,22,26). The highest BCUT2D eigenvalue weighted by molar-refractivity contribution is 6.31. The van der Waals surface area contributed by atoms with Crippen molar-refractivity contribution < 1.29 is 26.8 Å². The first-order valence-electron chi connectivity index (χ1n) is 7.94. The Morgan fingerprint density at radius 1 is 1.29 bits per heavy atom. The van der Waals surface area contributed by atoms with Crippen molar-refractivity contribution >= 4 is 23.2 Å². The van der Waals surface area contributed by atoms with E-state index in [1.165, 1.54) is 12.3 Å². The highest BCUT2D eigenvalue weighted by Gasteiger charge is 2.33. The monoisotopic (exact) mass is 414 g/mol. The van der Waals surface area contributed by atoms with Crippen LogP contribution in [0.3, 0.4) is 0 Å². The molecule has 0 aliphatic rings. The van der Waals surface area contributed by atoms with Crippen molar-refractivity contribution in [3.8, 4) is 11.7 Å². The number of alkyl halides is 3. The van der Waals surface area contributed by atoms with Gasteiger partial charge in [-0.1, -0.05) is 11.6 Å². The molecule has 2 heterocycles. The van der Waals surface area contributed by atoms with Gasteiger partial charge < -0.3 is 14.2 Å². The van der Waals surface area contributed by atoms with Crippen LogP contribution >= 0.6 is 11.6 Å². The number of hydrogen-bond acceptors (Lipinski definition) is 6. The average Bonchev–Trinajstić information content (AvgIpc) is 3.26. The molecule has 0 aliphatic heterocycles. The minimum atomic E-state index is -4.61. The molecule has 3 aromatic rings. The Hall–Kier alpha value is -2.85. The maximum atomic E-state index is 12.9. The van der Waals surface area contributed by atoms with Crippen LogP contribution in [0.15, 0.2) is 45.4 Å². The molecule has 0 fully saturated rings. The molecule has 0 unspecified atom stereocenters. The van der Waals surface area contributed by atoms with E-state index in [0.29, 0.717) is 5.76 Å². The minimum Gasteiger partial charge on any atom is -0.459 e. The topological polar surface area (TPSA) is 84.4 Å². The summed E-state index contributed by atoms with van der Waals surface area (Å²) in [6, 6.07) is 6.50. The molecule has 0 spiro atoms. The zero-order valence-corrected chi connectivity index (χ0v) is 15.2. The Bertz CT molecular complexity index is 957. The van der Waals surface area contributed by atoms with Crippen LogP contribution < -0.4 is 5.32 Å². The molecule has 0 aliphatic carbocycles. The van der Waals surface area contributed by atoms with Crippen LogP contribution in [0.2, 0.25) is 5.02 Å². The van der Waals surface area contributed by atoms with Gasteiger partial charge in [0, 0.05) is 5.69 Å². The average molecular weight is 415 g/mol. The summed E-state index contributed by atoms with van der Waals surface area (Å²) in [5.74, 6) is 0.373. The lowest BCUT2D eigenvalue weighted by atomic mass is 10.2. The summed E-state index contributed by atoms with van der Waals surface area (Å²) in [7, 11) is 1.62. The number of rotatable bonds is 6. The van der Waals surface area contributed by atoms with Gasteiger partial charge in [-0.2, -0.15) is 13.2 Å². The normalized spacial score (nSPS) is 11.8. The van der Waals surface area contributed by atoms with Crippen LogP contribution in [-0.4, -0.2) is 34.6 Å². The summed E-state index contributed by atoms with van der Waals surface area (Å²) in [5, 5.41) is 9.67. The molecule has 0 saturated heterocycles. The van der Waals surface area contributed by atoms with Crippen LogP contribution in [0.5, 0.6) is 0 Å². The number of nitrogens with one attached hydrogen (secondary N) is 1. The molecule has 3 rings (SSSR count). The van der Waals surface area contributed by atoms with Gasteiger partial charge >= 0.3 is 6.18 Å². The molecular formula is C17H14ClF3N4O3. The highest BCUT2D eigenvalue weighted by Crippen LogP contribution is 2.36. The third-order valence-corrected chi connectivity index (χ3v) is 3.90. The van der Waals surface area contributed by atoms with Gasteiger partial charge in [0.05, 0.1) is 29.9 Å². The summed E-state index contributed by atoms with van der Waals surface area (Å²) in [6.45, 7) is 0.0536. The summed E-state index contributed by atoms with van der Waals surface area (Å²) in [4.78, 5) is 13.7. The number of nitrogens with zero attached hydrogens (tertiary/aromatic N) is 3. The quantitative estimate of drug-likeness (QED) is 0.654. The second kappa shape index (κ2) is 8.03. The second-order valence-electron chi connectivity index (χ2n) is 5.89. The molecule has 0 saturated carbocycles. The molecule has 0 radical (unpaired) electrons. The Labute approximate surface area is 162 Å². The fourth-order valence-electron chi connectivity index (χ4n) is 2.37. The molecule has 1 aromatic carbocycles. The lowest BCUT2D eigenvalue weighted by Gasteiger charge is -2.15. The number of hydrogen-bond donors (Lipinski definition) is 1. The van der Waals surface area contributed by atoms with Gasteiger partial charge in [0.25, 0.3) is 5.89 Å².